The van der Waals surface area contributed by atoms with Gasteiger partial charge in [-0.05, 0) is 18.9 Å². The molecule has 1 aliphatic carbocycles. The minimum Gasteiger partial charge on any atom is -0.492 e. The summed E-state index contributed by atoms with van der Waals surface area (Å²) < 4.78 is 37.4. The number of rotatable bonds is 4. The lowest BCUT2D eigenvalue weighted by Gasteiger charge is -2.42. The lowest BCUT2D eigenvalue weighted by Crippen LogP contribution is -2.42. The fraction of sp³-hybridized carbons (Fsp3) is 0.538. The molecule has 3 nitrogen and oxygen atoms in total. The molecule has 0 unspecified atom stereocenters. The number of hydrogen-bond donors (Lipinski definition) is 1. The summed E-state index contributed by atoms with van der Waals surface area (Å²) in [6.45, 7) is 0.386. The Kier molecular flexibility index (Phi) is 3.43. The van der Waals surface area contributed by atoms with Crippen molar-refractivity contribution in [1.29, 1.82) is 0 Å². The van der Waals surface area contributed by atoms with Gasteiger partial charge in [0.2, 0.25) is 5.82 Å². The summed E-state index contributed by atoms with van der Waals surface area (Å²) in [6.07, 6.45) is 2.74. The van der Waals surface area contributed by atoms with Crippen LogP contribution >= 0.6 is 0 Å². The quantitative estimate of drug-likeness (QED) is 0.900. The SMILES string of the molecule is COc1c(C2(CN)CCC2)cc(F)c(F)c1OC. The van der Waals surface area contributed by atoms with E-state index in [4.69, 9.17) is 15.2 Å². The van der Waals surface area contributed by atoms with E-state index in [2.05, 4.69) is 0 Å². The lowest BCUT2D eigenvalue weighted by atomic mass is 9.64. The van der Waals surface area contributed by atoms with Gasteiger partial charge in [0.1, 0.15) is 0 Å². The monoisotopic (exact) mass is 257 g/mol. The van der Waals surface area contributed by atoms with Crippen LogP contribution in [0.25, 0.3) is 0 Å². The third-order valence-corrected chi connectivity index (χ3v) is 3.81. The van der Waals surface area contributed by atoms with Crippen LogP contribution < -0.4 is 15.2 Å². The molecule has 1 fully saturated rings. The standard InChI is InChI=1S/C13H17F2NO2/c1-17-11-8(13(7-16)4-3-5-13)6-9(14)10(15)12(11)18-2/h6H,3-5,7,16H2,1-2H3. The van der Waals surface area contributed by atoms with Crippen LogP contribution in [0.4, 0.5) is 8.78 Å². The Balaban J connectivity index is 2.63. The van der Waals surface area contributed by atoms with Gasteiger partial charge in [0.15, 0.2) is 17.3 Å². The van der Waals surface area contributed by atoms with Crippen molar-refractivity contribution in [2.45, 2.75) is 24.7 Å². The molecule has 18 heavy (non-hydrogen) atoms. The highest BCUT2D eigenvalue weighted by molar-refractivity contribution is 5.52. The summed E-state index contributed by atoms with van der Waals surface area (Å²) in [6, 6.07) is 1.18. The van der Waals surface area contributed by atoms with Crippen LogP contribution in [0.3, 0.4) is 0 Å². The number of halogens is 2. The summed E-state index contributed by atoms with van der Waals surface area (Å²) in [4.78, 5) is 0. The zero-order valence-electron chi connectivity index (χ0n) is 10.6. The van der Waals surface area contributed by atoms with Crippen molar-refractivity contribution in [3.63, 3.8) is 0 Å². The first-order valence-electron chi connectivity index (χ1n) is 5.90. The van der Waals surface area contributed by atoms with Gasteiger partial charge in [-0.1, -0.05) is 6.42 Å². The number of ether oxygens (including phenoxy) is 2. The van der Waals surface area contributed by atoms with Crippen LogP contribution in [0.1, 0.15) is 24.8 Å². The molecule has 0 bridgehead atoms. The van der Waals surface area contributed by atoms with Crippen LogP contribution in [0, 0.1) is 11.6 Å². The van der Waals surface area contributed by atoms with Crippen LogP contribution in [-0.2, 0) is 5.41 Å². The smallest absolute Gasteiger partial charge is 0.204 e. The molecule has 0 atom stereocenters. The molecule has 1 aromatic rings. The van der Waals surface area contributed by atoms with Crippen molar-refractivity contribution in [3.05, 3.63) is 23.3 Å². The molecule has 0 heterocycles. The number of benzene rings is 1. The summed E-state index contributed by atoms with van der Waals surface area (Å²) in [5, 5.41) is 0. The Labute approximate surface area is 105 Å². The highest BCUT2D eigenvalue weighted by Gasteiger charge is 2.41. The van der Waals surface area contributed by atoms with Gasteiger partial charge in [-0.15, -0.1) is 0 Å². The fourth-order valence-corrected chi connectivity index (χ4v) is 2.55. The maximum atomic E-state index is 13.6. The van der Waals surface area contributed by atoms with Gasteiger partial charge in [0, 0.05) is 17.5 Å². The van der Waals surface area contributed by atoms with Gasteiger partial charge in [-0.25, -0.2) is 4.39 Å². The number of methoxy groups -OCH3 is 2. The van der Waals surface area contributed by atoms with Crippen LogP contribution in [0.5, 0.6) is 11.5 Å². The summed E-state index contributed by atoms with van der Waals surface area (Å²) in [5.74, 6) is -1.89. The largest absolute Gasteiger partial charge is 0.492 e. The third kappa shape index (κ3) is 1.73. The second kappa shape index (κ2) is 4.72. The normalized spacial score (nSPS) is 17.2. The molecule has 100 valence electrons. The van der Waals surface area contributed by atoms with E-state index in [1.165, 1.54) is 20.3 Å². The first kappa shape index (κ1) is 13.1. The maximum absolute atomic E-state index is 13.6. The average Bonchev–Trinajstić information content (AvgIpc) is 2.32. The highest BCUT2D eigenvalue weighted by atomic mass is 19.2. The Morgan fingerprint density at radius 2 is 1.83 bits per heavy atom. The van der Waals surface area contributed by atoms with Gasteiger partial charge in [-0.2, -0.15) is 4.39 Å². The molecular formula is C13H17F2NO2. The Bertz CT molecular complexity index is 453. The molecule has 1 saturated carbocycles. The van der Waals surface area contributed by atoms with Crippen molar-refractivity contribution in [1.82, 2.24) is 0 Å². The van der Waals surface area contributed by atoms with Crippen molar-refractivity contribution >= 4 is 0 Å². The predicted molar refractivity (Wildman–Crippen MR) is 64.0 cm³/mol. The zero-order valence-corrected chi connectivity index (χ0v) is 10.6. The first-order chi connectivity index (χ1) is 8.59. The van der Waals surface area contributed by atoms with E-state index >= 15 is 0 Å². The molecule has 1 aromatic carbocycles. The Morgan fingerprint density at radius 3 is 2.22 bits per heavy atom. The molecule has 5 heteroatoms. The molecule has 0 spiro atoms. The van der Waals surface area contributed by atoms with E-state index in [9.17, 15) is 8.78 Å². The minimum atomic E-state index is -1.02. The molecule has 0 saturated heterocycles. The Hall–Kier alpha value is -1.36. The third-order valence-electron chi connectivity index (χ3n) is 3.81. The fourth-order valence-electron chi connectivity index (χ4n) is 2.55. The van der Waals surface area contributed by atoms with Crippen LogP contribution in [0.2, 0.25) is 0 Å². The predicted octanol–water partition coefficient (Wildman–Crippen LogP) is 2.36. The number of nitrogens with two attached hydrogens (primary N) is 1. The first-order valence-corrected chi connectivity index (χ1v) is 5.90. The lowest BCUT2D eigenvalue weighted by molar-refractivity contribution is 0.236. The molecule has 1 aliphatic rings. The van der Waals surface area contributed by atoms with Gasteiger partial charge < -0.3 is 15.2 Å². The van der Waals surface area contributed by atoms with E-state index in [1.54, 1.807) is 0 Å². The number of hydrogen-bond acceptors (Lipinski definition) is 3. The molecular weight excluding hydrogens is 240 g/mol. The second-order valence-electron chi connectivity index (χ2n) is 4.62. The summed E-state index contributed by atoms with van der Waals surface area (Å²) >= 11 is 0. The molecule has 0 aliphatic heterocycles. The van der Waals surface area contributed by atoms with E-state index in [-0.39, 0.29) is 16.9 Å². The van der Waals surface area contributed by atoms with E-state index < -0.39 is 11.6 Å². The molecule has 0 radical (unpaired) electrons. The van der Waals surface area contributed by atoms with Gasteiger partial charge in [0.25, 0.3) is 0 Å². The average molecular weight is 257 g/mol. The van der Waals surface area contributed by atoms with E-state index in [0.29, 0.717) is 12.1 Å². The van der Waals surface area contributed by atoms with Crippen molar-refractivity contribution in [2.24, 2.45) is 5.73 Å². The van der Waals surface area contributed by atoms with Gasteiger partial charge in [-0.3, -0.25) is 0 Å². The van der Waals surface area contributed by atoms with Crippen molar-refractivity contribution in [2.75, 3.05) is 20.8 Å². The zero-order chi connectivity index (χ0) is 13.3. The van der Waals surface area contributed by atoms with Crippen LogP contribution in [-0.4, -0.2) is 20.8 Å². The van der Waals surface area contributed by atoms with Gasteiger partial charge >= 0.3 is 0 Å². The van der Waals surface area contributed by atoms with Gasteiger partial charge in [0.05, 0.1) is 14.2 Å². The van der Waals surface area contributed by atoms with E-state index in [1.807, 2.05) is 0 Å². The second-order valence-corrected chi connectivity index (χ2v) is 4.62. The Morgan fingerprint density at radius 1 is 1.22 bits per heavy atom. The minimum absolute atomic E-state index is 0.188. The van der Waals surface area contributed by atoms with Crippen molar-refractivity contribution in [3.8, 4) is 11.5 Å². The summed E-state index contributed by atoms with van der Waals surface area (Å²) in [5.41, 5.74) is 6.09. The van der Waals surface area contributed by atoms with Crippen LogP contribution in [0.15, 0.2) is 6.07 Å². The topological polar surface area (TPSA) is 44.5 Å². The molecule has 2 N–H and O–H groups in total. The van der Waals surface area contributed by atoms with E-state index in [0.717, 1.165) is 19.3 Å². The maximum Gasteiger partial charge on any atom is 0.204 e. The summed E-state index contributed by atoms with van der Waals surface area (Å²) in [7, 11) is 2.71. The molecule has 0 amide bonds. The molecule has 2 rings (SSSR count). The highest BCUT2D eigenvalue weighted by Crippen LogP contribution is 2.50. The molecule has 0 aromatic heterocycles. The van der Waals surface area contributed by atoms with Crippen molar-refractivity contribution < 1.29 is 18.3 Å².